The van der Waals surface area contributed by atoms with Crippen LogP contribution in [-0.2, 0) is 9.53 Å². The molecule has 206 valence electrons. The van der Waals surface area contributed by atoms with Crippen molar-refractivity contribution >= 4 is 28.9 Å². The largest absolute Gasteiger partial charge is 0.469 e. The summed E-state index contributed by atoms with van der Waals surface area (Å²) in [5.41, 5.74) is 10.4. The monoisotopic (exact) mass is 547 g/mol. The number of amides is 1. The zero-order valence-corrected chi connectivity index (χ0v) is 22.8. The summed E-state index contributed by atoms with van der Waals surface area (Å²) >= 11 is 0. The highest BCUT2D eigenvalue weighted by atomic mass is 16.5. The Morgan fingerprint density at radius 2 is 1.71 bits per heavy atom. The van der Waals surface area contributed by atoms with E-state index in [9.17, 15) is 9.59 Å². The highest BCUT2D eigenvalue weighted by Crippen LogP contribution is 2.34. The van der Waals surface area contributed by atoms with Gasteiger partial charge in [-0.1, -0.05) is 30.3 Å². The topological polar surface area (TPSA) is 129 Å². The van der Waals surface area contributed by atoms with Crippen molar-refractivity contribution < 1.29 is 14.3 Å². The Morgan fingerprint density at radius 3 is 2.39 bits per heavy atom. The van der Waals surface area contributed by atoms with Crippen molar-refractivity contribution in [1.29, 1.82) is 0 Å². The van der Waals surface area contributed by atoms with Crippen LogP contribution in [0.15, 0.2) is 79.1 Å². The fraction of sp³-hybridized carbons (Fsp3) is 0.226. The van der Waals surface area contributed by atoms with E-state index in [1.54, 1.807) is 23.4 Å². The molecule has 5 aromatic rings. The Bertz CT molecular complexity index is 1740. The number of anilines is 1. The number of hydrogen-bond donors (Lipinski definition) is 1. The van der Waals surface area contributed by atoms with Crippen molar-refractivity contribution in [2.45, 2.75) is 19.8 Å². The molecule has 0 bridgehead atoms. The Labute approximate surface area is 236 Å². The third kappa shape index (κ3) is 4.77. The van der Waals surface area contributed by atoms with Crippen LogP contribution in [0.2, 0.25) is 0 Å². The lowest BCUT2D eigenvalue weighted by molar-refractivity contribution is -0.154. The summed E-state index contributed by atoms with van der Waals surface area (Å²) in [5, 5.41) is 0. The summed E-state index contributed by atoms with van der Waals surface area (Å²) in [5.74, 6) is 0.493. The lowest BCUT2D eigenvalue weighted by Crippen LogP contribution is -2.45. The predicted molar refractivity (Wildman–Crippen MR) is 155 cm³/mol. The van der Waals surface area contributed by atoms with Crippen molar-refractivity contribution in [1.82, 2.24) is 29.4 Å². The fourth-order valence-electron chi connectivity index (χ4n) is 5.22. The molecule has 2 N–H and O–H groups in total. The van der Waals surface area contributed by atoms with Gasteiger partial charge in [0.15, 0.2) is 11.5 Å². The molecule has 10 heteroatoms. The molecule has 6 rings (SSSR count). The number of rotatable bonds is 5. The third-order valence-electron chi connectivity index (χ3n) is 7.71. The molecule has 1 saturated heterocycles. The van der Waals surface area contributed by atoms with Gasteiger partial charge in [-0.25, -0.2) is 19.9 Å². The van der Waals surface area contributed by atoms with Crippen LogP contribution in [0.4, 0.5) is 5.82 Å². The van der Waals surface area contributed by atoms with Crippen molar-refractivity contribution in [3.05, 3.63) is 84.8 Å². The zero-order chi connectivity index (χ0) is 28.6. The van der Waals surface area contributed by atoms with Gasteiger partial charge in [0.1, 0.15) is 17.0 Å². The number of piperidine rings is 1. The molecule has 5 heterocycles. The van der Waals surface area contributed by atoms with Crippen LogP contribution >= 0.6 is 0 Å². The highest BCUT2D eigenvalue weighted by Gasteiger charge is 2.39. The summed E-state index contributed by atoms with van der Waals surface area (Å²) in [6.07, 6.45) is 4.35. The molecule has 1 aromatic carbocycles. The van der Waals surface area contributed by atoms with E-state index in [1.165, 1.54) is 7.11 Å². The van der Waals surface area contributed by atoms with Gasteiger partial charge in [0.05, 0.1) is 35.7 Å². The maximum Gasteiger partial charge on any atom is 0.311 e. The molecule has 1 fully saturated rings. The molecular formula is C31H29N7O3. The normalized spacial score (nSPS) is 14.6. The van der Waals surface area contributed by atoms with E-state index in [1.807, 2.05) is 72.2 Å². The number of ether oxygens (including phenoxy) is 1. The average molecular weight is 548 g/mol. The first kappa shape index (κ1) is 26.1. The van der Waals surface area contributed by atoms with Crippen molar-refractivity contribution in [3.63, 3.8) is 0 Å². The van der Waals surface area contributed by atoms with Gasteiger partial charge >= 0.3 is 5.97 Å². The van der Waals surface area contributed by atoms with Crippen LogP contribution in [0.1, 0.15) is 30.3 Å². The number of nitrogens with zero attached hydrogens (tertiary/aromatic N) is 6. The van der Waals surface area contributed by atoms with Gasteiger partial charge in [0.25, 0.3) is 5.91 Å². The maximum atomic E-state index is 13.3. The van der Waals surface area contributed by atoms with E-state index >= 15 is 0 Å². The number of hydrogen-bond acceptors (Lipinski definition) is 8. The van der Waals surface area contributed by atoms with Gasteiger partial charge in [-0.3, -0.25) is 14.2 Å². The third-order valence-corrected chi connectivity index (χ3v) is 7.71. The molecule has 10 nitrogen and oxygen atoms in total. The molecule has 0 radical (unpaired) electrons. The quantitative estimate of drug-likeness (QED) is 0.318. The number of pyridine rings is 3. The maximum absolute atomic E-state index is 13.3. The van der Waals surface area contributed by atoms with Crippen LogP contribution < -0.4 is 5.73 Å². The molecule has 1 aliphatic heterocycles. The second kappa shape index (κ2) is 10.5. The second-order valence-corrected chi connectivity index (χ2v) is 10.4. The molecule has 0 unspecified atom stereocenters. The molecule has 1 aliphatic rings. The minimum absolute atomic E-state index is 0.180. The molecule has 1 amide bonds. The van der Waals surface area contributed by atoms with Crippen LogP contribution in [0.5, 0.6) is 0 Å². The molecule has 0 atom stereocenters. The molecule has 0 aliphatic carbocycles. The van der Waals surface area contributed by atoms with E-state index in [2.05, 4.69) is 9.97 Å². The summed E-state index contributed by atoms with van der Waals surface area (Å²) in [4.78, 5) is 45.8. The Morgan fingerprint density at radius 1 is 0.927 bits per heavy atom. The van der Waals surface area contributed by atoms with Crippen LogP contribution in [0.25, 0.3) is 39.5 Å². The number of nitrogens with two attached hydrogens (primary N) is 1. The van der Waals surface area contributed by atoms with Crippen LogP contribution in [0.3, 0.4) is 0 Å². The summed E-state index contributed by atoms with van der Waals surface area (Å²) in [6, 6.07) is 21.0. The molecule has 0 spiro atoms. The smallest absolute Gasteiger partial charge is 0.311 e. The summed E-state index contributed by atoms with van der Waals surface area (Å²) < 4.78 is 6.84. The van der Waals surface area contributed by atoms with Crippen molar-refractivity contribution in [2.24, 2.45) is 5.41 Å². The van der Waals surface area contributed by atoms with Gasteiger partial charge in [0, 0.05) is 24.8 Å². The molecular weight excluding hydrogens is 518 g/mol. The first-order valence-corrected chi connectivity index (χ1v) is 13.4. The number of nitrogen functional groups attached to an aromatic ring is 1. The number of imidazole rings is 1. The van der Waals surface area contributed by atoms with Gasteiger partial charge in [-0.05, 0) is 56.2 Å². The minimum atomic E-state index is -0.582. The number of aromatic nitrogens is 5. The average Bonchev–Trinajstić information content (AvgIpc) is 3.40. The Kier molecular flexibility index (Phi) is 6.66. The van der Waals surface area contributed by atoms with E-state index in [0.717, 1.165) is 11.3 Å². The summed E-state index contributed by atoms with van der Waals surface area (Å²) in [6.45, 7) is 2.79. The van der Waals surface area contributed by atoms with Gasteiger partial charge in [-0.2, -0.15) is 0 Å². The fourth-order valence-corrected chi connectivity index (χ4v) is 5.22. The van der Waals surface area contributed by atoms with E-state index < -0.39 is 5.41 Å². The van der Waals surface area contributed by atoms with Crippen LogP contribution in [-0.4, -0.2) is 61.5 Å². The lowest BCUT2D eigenvalue weighted by atomic mass is 9.80. The van der Waals surface area contributed by atoms with Crippen LogP contribution in [0, 0.1) is 5.41 Å². The van der Waals surface area contributed by atoms with Gasteiger partial charge in [-0.15, -0.1) is 0 Å². The molecule has 41 heavy (non-hydrogen) atoms. The number of benzene rings is 1. The number of methoxy groups -OCH3 is 1. The van der Waals surface area contributed by atoms with Crippen molar-refractivity contribution in [2.75, 3.05) is 25.9 Å². The number of likely N-dealkylation sites (tertiary alicyclic amines) is 1. The SMILES string of the molecule is COC(=O)C1(C)CCN(C(=O)c2ccc(-n3c(-c4cccnc4N)nc4ccc(-c5ccccc5)nc43)cn2)CC1. The Hall–Kier alpha value is -5.12. The number of carbonyl (C=O) groups is 2. The number of fused-ring (bicyclic) bond motifs is 1. The second-order valence-electron chi connectivity index (χ2n) is 10.4. The van der Waals surface area contributed by atoms with Gasteiger partial charge in [0.2, 0.25) is 0 Å². The molecule has 4 aromatic heterocycles. The minimum Gasteiger partial charge on any atom is -0.469 e. The first-order chi connectivity index (χ1) is 19.9. The predicted octanol–water partition coefficient (Wildman–Crippen LogP) is 4.54. The highest BCUT2D eigenvalue weighted by molar-refractivity contribution is 5.93. The van der Waals surface area contributed by atoms with Gasteiger partial charge < -0.3 is 15.4 Å². The zero-order valence-electron chi connectivity index (χ0n) is 22.8. The first-order valence-electron chi connectivity index (χ1n) is 13.4. The van der Waals surface area contributed by atoms with E-state index in [4.69, 9.17) is 20.4 Å². The van der Waals surface area contributed by atoms with E-state index in [0.29, 0.717) is 65.7 Å². The number of esters is 1. The lowest BCUT2D eigenvalue weighted by Gasteiger charge is -2.37. The summed E-state index contributed by atoms with van der Waals surface area (Å²) in [7, 11) is 1.39. The standard InChI is InChI=1S/C31H29N7O3/c1-31(30(40)41-2)14-17-37(18-15-31)29(39)25-11-10-21(19-34-25)38-27(22-9-6-16-33-26(22)32)36-24-13-12-23(35-28(24)38)20-7-4-3-5-8-20/h3-13,16,19H,14-15,17-18H2,1-2H3,(H2,32,33). The van der Waals surface area contributed by atoms with Crippen molar-refractivity contribution in [3.8, 4) is 28.3 Å². The number of carbonyl (C=O) groups excluding carboxylic acids is 2. The Balaban J connectivity index is 1.37. The van der Waals surface area contributed by atoms with E-state index in [-0.39, 0.29) is 11.9 Å². The molecule has 0 saturated carbocycles.